The molecule has 5 rings (SSSR count). The lowest BCUT2D eigenvalue weighted by atomic mass is 9.73. The second-order valence-electron chi connectivity index (χ2n) is 7.40. The predicted molar refractivity (Wildman–Crippen MR) is 96.9 cm³/mol. The zero-order chi connectivity index (χ0) is 16.9. The van der Waals surface area contributed by atoms with E-state index in [9.17, 15) is 4.79 Å². The van der Waals surface area contributed by atoms with Crippen molar-refractivity contribution in [3.8, 4) is 5.75 Å². The molecule has 0 saturated carbocycles. The van der Waals surface area contributed by atoms with E-state index in [0.717, 1.165) is 56.9 Å². The molecule has 3 aliphatic rings. The number of likely N-dealkylation sites (tertiary alicyclic amines) is 1. The first kappa shape index (κ1) is 15.0. The highest BCUT2D eigenvalue weighted by atomic mass is 16.5. The second-order valence-corrected chi connectivity index (χ2v) is 7.40. The number of rotatable bonds is 2. The summed E-state index contributed by atoms with van der Waals surface area (Å²) >= 11 is 0. The summed E-state index contributed by atoms with van der Waals surface area (Å²) in [5, 5.41) is 3.08. The first-order valence-electron chi connectivity index (χ1n) is 9.13. The fourth-order valence-corrected chi connectivity index (χ4v) is 4.53. The number of hydrogen-bond donors (Lipinski definition) is 1. The molecular weight excluding hydrogens is 312 g/mol. The molecule has 1 amide bonds. The van der Waals surface area contributed by atoms with Gasteiger partial charge >= 0.3 is 0 Å². The summed E-state index contributed by atoms with van der Waals surface area (Å²) in [4.78, 5) is 15.1. The molecule has 0 aliphatic carbocycles. The van der Waals surface area contributed by atoms with E-state index in [4.69, 9.17) is 4.74 Å². The number of benzene rings is 2. The number of anilines is 1. The van der Waals surface area contributed by atoms with Gasteiger partial charge in [0.05, 0.1) is 12.0 Å². The summed E-state index contributed by atoms with van der Waals surface area (Å²) in [6.45, 7) is 3.62. The molecule has 2 aromatic carbocycles. The van der Waals surface area contributed by atoms with Gasteiger partial charge in [0, 0.05) is 18.7 Å². The van der Waals surface area contributed by atoms with Gasteiger partial charge in [0.1, 0.15) is 5.75 Å². The average Bonchev–Trinajstić information content (AvgIpc) is 3.20. The molecule has 4 nitrogen and oxygen atoms in total. The third kappa shape index (κ3) is 2.35. The molecule has 1 saturated heterocycles. The van der Waals surface area contributed by atoms with Gasteiger partial charge in [-0.1, -0.05) is 30.3 Å². The van der Waals surface area contributed by atoms with Crippen molar-refractivity contribution in [3.05, 3.63) is 59.2 Å². The number of carbonyl (C=O) groups excluding carboxylic acids is 1. The van der Waals surface area contributed by atoms with Gasteiger partial charge in [-0.05, 0) is 54.8 Å². The zero-order valence-electron chi connectivity index (χ0n) is 14.3. The number of amides is 1. The molecule has 3 heterocycles. The van der Waals surface area contributed by atoms with Crippen molar-refractivity contribution in [2.45, 2.75) is 31.2 Å². The molecule has 0 unspecified atom stereocenters. The van der Waals surface area contributed by atoms with E-state index >= 15 is 0 Å². The van der Waals surface area contributed by atoms with Crippen molar-refractivity contribution in [3.63, 3.8) is 0 Å². The number of nitrogens with one attached hydrogen (secondary N) is 1. The number of nitrogens with zero attached hydrogens (tertiary/aromatic N) is 1. The zero-order valence-corrected chi connectivity index (χ0v) is 14.3. The van der Waals surface area contributed by atoms with Gasteiger partial charge in [-0.3, -0.25) is 9.69 Å². The van der Waals surface area contributed by atoms with Crippen molar-refractivity contribution in [1.29, 1.82) is 0 Å². The second kappa shape index (κ2) is 5.60. The van der Waals surface area contributed by atoms with Gasteiger partial charge in [-0.2, -0.15) is 0 Å². The van der Waals surface area contributed by atoms with E-state index in [0.29, 0.717) is 0 Å². The third-order valence-electron chi connectivity index (χ3n) is 6.00. The topological polar surface area (TPSA) is 41.6 Å². The molecule has 1 fully saturated rings. The van der Waals surface area contributed by atoms with E-state index < -0.39 is 0 Å². The Bertz CT molecular complexity index is 838. The Hall–Kier alpha value is -2.33. The average molecular weight is 334 g/mol. The number of piperidine rings is 1. The monoisotopic (exact) mass is 334 g/mol. The van der Waals surface area contributed by atoms with E-state index in [1.807, 2.05) is 18.2 Å². The molecule has 0 bridgehead atoms. The van der Waals surface area contributed by atoms with Crippen molar-refractivity contribution < 1.29 is 9.53 Å². The molecule has 3 aliphatic heterocycles. The number of ether oxygens (including phenoxy) is 1. The predicted octanol–water partition coefficient (Wildman–Crippen LogP) is 3.11. The SMILES string of the molecule is O=C1Nc2ccccc2C12CCN(Cc1ccc3c(c1)OCC3)CC2. The molecule has 128 valence electrons. The van der Waals surface area contributed by atoms with Crippen LogP contribution in [0.2, 0.25) is 0 Å². The van der Waals surface area contributed by atoms with E-state index in [2.05, 4.69) is 34.5 Å². The van der Waals surface area contributed by atoms with Gasteiger partial charge in [0.2, 0.25) is 5.91 Å². The van der Waals surface area contributed by atoms with Gasteiger partial charge in [-0.15, -0.1) is 0 Å². The van der Waals surface area contributed by atoms with Gasteiger partial charge in [0.25, 0.3) is 0 Å². The Labute approximate surface area is 147 Å². The lowest BCUT2D eigenvalue weighted by Gasteiger charge is -2.38. The van der Waals surface area contributed by atoms with Crippen LogP contribution < -0.4 is 10.1 Å². The maximum atomic E-state index is 12.7. The summed E-state index contributed by atoms with van der Waals surface area (Å²) in [5.74, 6) is 1.23. The van der Waals surface area contributed by atoms with Crippen LogP contribution in [0.4, 0.5) is 5.69 Å². The Morgan fingerprint density at radius 2 is 1.96 bits per heavy atom. The standard InChI is InChI=1S/C21H22N2O2/c24-20-21(17-3-1-2-4-18(17)22-20)8-10-23(11-9-21)14-15-5-6-16-7-12-25-19(16)13-15/h1-6,13H,7-12,14H2,(H,22,24). The van der Waals surface area contributed by atoms with Crippen molar-refractivity contribution in [2.75, 3.05) is 25.0 Å². The number of carbonyl (C=O) groups is 1. The quantitative estimate of drug-likeness (QED) is 0.917. The van der Waals surface area contributed by atoms with Gasteiger partial charge < -0.3 is 10.1 Å². The molecule has 0 radical (unpaired) electrons. The minimum Gasteiger partial charge on any atom is -0.493 e. The van der Waals surface area contributed by atoms with E-state index in [-0.39, 0.29) is 11.3 Å². The minimum atomic E-state index is -0.325. The van der Waals surface area contributed by atoms with Crippen LogP contribution >= 0.6 is 0 Å². The fourth-order valence-electron chi connectivity index (χ4n) is 4.53. The number of fused-ring (bicyclic) bond motifs is 3. The summed E-state index contributed by atoms with van der Waals surface area (Å²) in [6.07, 6.45) is 2.80. The van der Waals surface area contributed by atoms with Crippen LogP contribution in [-0.4, -0.2) is 30.5 Å². The molecule has 0 atom stereocenters. The molecule has 25 heavy (non-hydrogen) atoms. The highest BCUT2D eigenvalue weighted by Gasteiger charge is 2.48. The van der Waals surface area contributed by atoms with Crippen LogP contribution in [0.3, 0.4) is 0 Å². The summed E-state index contributed by atoms with van der Waals surface area (Å²) in [5.41, 5.74) is 4.48. The Balaban J connectivity index is 1.31. The maximum Gasteiger partial charge on any atom is 0.235 e. The van der Waals surface area contributed by atoms with Crippen LogP contribution in [0.15, 0.2) is 42.5 Å². The number of para-hydroxylation sites is 1. The summed E-state index contributed by atoms with van der Waals surface area (Å²) < 4.78 is 5.69. The molecule has 0 aromatic heterocycles. The maximum absolute atomic E-state index is 12.7. The highest BCUT2D eigenvalue weighted by Crippen LogP contribution is 2.44. The van der Waals surface area contributed by atoms with Crippen LogP contribution in [0.1, 0.15) is 29.5 Å². The molecule has 2 aromatic rings. The smallest absolute Gasteiger partial charge is 0.235 e. The normalized spacial score (nSPS) is 20.9. The van der Waals surface area contributed by atoms with Crippen LogP contribution in [0.5, 0.6) is 5.75 Å². The lowest BCUT2D eigenvalue weighted by Crippen LogP contribution is -2.46. The Morgan fingerprint density at radius 1 is 1.12 bits per heavy atom. The van der Waals surface area contributed by atoms with E-state index in [1.54, 1.807) is 0 Å². The minimum absolute atomic E-state index is 0.180. The van der Waals surface area contributed by atoms with Crippen molar-refractivity contribution in [1.82, 2.24) is 4.90 Å². The van der Waals surface area contributed by atoms with Crippen molar-refractivity contribution in [2.24, 2.45) is 0 Å². The van der Waals surface area contributed by atoms with Gasteiger partial charge in [-0.25, -0.2) is 0 Å². The number of hydrogen-bond acceptors (Lipinski definition) is 3. The van der Waals surface area contributed by atoms with Crippen LogP contribution in [0.25, 0.3) is 0 Å². The largest absolute Gasteiger partial charge is 0.493 e. The van der Waals surface area contributed by atoms with Crippen LogP contribution in [-0.2, 0) is 23.2 Å². The van der Waals surface area contributed by atoms with Gasteiger partial charge in [0.15, 0.2) is 0 Å². The lowest BCUT2D eigenvalue weighted by molar-refractivity contribution is -0.122. The Morgan fingerprint density at radius 3 is 2.84 bits per heavy atom. The third-order valence-corrected chi connectivity index (χ3v) is 6.00. The summed E-state index contributed by atoms with van der Waals surface area (Å²) in [6, 6.07) is 14.8. The molecular formula is C21H22N2O2. The highest BCUT2D eigenvalue weighted by molar-refractivity contribution is 6.06. The summed E-state index contributed by atoms with van der Waals surface area (Å²) in [7, 11) is 0. The first-order chi connectivity index (χ1) is 12.2. The molecule has 4 heteroatoms. The molecule has 1 spiro atoms. The Kier molecular flexibility index (Phi) is 3.35. The molecule has 1 N–H and O–H groups in total. The van der Waals surface area contributed by atoms with E-state index in [1.165, 1.54) is 16.7 Å². The fraction of sp³-hybridized carbons (Fsp3) is 0.381. The van der Waals surface area contributed by atoms with Crippen LogP contribution in [0, 0.1) is 0 Å². The first-order valence-corrected chi connectivity index (χ1v) is 9.13. The van der Waals surface area contributed by atoms with Crippen molar-refractivity contribution >= 4 is 11.6 Å².